The lowest BCUT2D eigenvalue weighted by Gasteiger charge is -2.19. The van der Waals surface area contributed by atoms with Crippen LogP contribution in [0.3, 0.4) is 0 Å². The highest BCUT2D eigenvalue weighted by molar-refractivity contribution is 7.09. The number of hydrogen-bond acceptors (Lipinski definition) is 7. The smallest absolute Gasteiger partial charge is 0.475 e. The van der Waals surface area contributed by atoms with Crippen LogP contribution in [0.5, 0.6) is 11.5 Å². The first-order valence-electron chi connectivity index (χ1n) is 9.26. The van der Waals surface area contributed by atoms with E-state index in [0.29, 0.717) is 29.5 Å². The van der Waals surface area contributed by atoms with E-state index in [-0.39, 0.29) is 24.9 Å². The highest BCUT2D eigenvalue weighted by Gasteiger charge is 2.44. The number of carbonyl (C=O) groups excluding carboxylic acids is 1. The molecule has 1 aromatic heterocycles. The molecule has 3 aliphatic heterocycles. The maximum Gasteiger partial charge on any atom is 0.490 e. The van der Waals surface area contributed by atoms with Crippen molar-refractivity contribution in [3.63, 3.8) is 0 Å². The number of halogens is 3. The zero-order valence-electron chi connectivity index (χ0n) is 15.9. The van der Waals surface area contributed by atoms with Gasteiger partial charge in [0.05, 0.1) is 6.10 Å². The van der Waals surface area contributed by atoms with Gasteiger partial charge in [0.25, 0.3) is 5.91 Å². The Bertz CT molecular complexity index is 954. The Balaban J connectivity index is 0.000000289. The fourth-order valence-corrected chi connectivity index (χ4v) is 4.38. The first-order valence-corrected chi connectivity index (χ1v) is 10.1. The van der Waals surface area contributed by atoms with Crippen LogP contribution in [0.4, 0.5) is 13.2 Å². The molecule has 1 N–H and O–H groups in total. The van der Waals surface area contributed by atoms with Crippen molar-refractivity contribution in [1.29, 1.82) is 0 Å². The van der Waals surface area contributed by atoms with Crippen LogP contribution in [0.2, 0.25) is 0 Å². The third kappa shape index (κ3) is 4.59. The zero-order chi connectivity index (χ0) is 22.2. The molecule has 0 bridgehead atoms. The van der Waals surface area contributed by atoms with E-state index in [1.165, 1.54) is 0 Å². The zero-order valence-corrected chi connectivity index (χ0v) is 16.7. The lowest BCUT2D eigenvalue weighted by atomic mass is 10.0. The molecule has 12 heteroatoms. The van der Waals surface area contributed by atoms with E-state index in [0.717, 1.165) is 18.0 Å². The van der Waals surface area contributed by atoms with Crippen LogP contribution in [-0.2, 0) is 9.53 Å². The average Bonchev–Trinajstić information content (AvgIpc) is 3.49. The van der Waals surface area contributed by atoms with Gasteiger partial charge in [-0.2, -0.15) is 13.2 Å². The van der Waals surface area contributed by atoms with Crippen LogP contribution in [0.15, 0.2) is 29.8 Å². The Kier molecular flexibility index (Phi) is 5.75. The summed E-state index contributed by atoms with van der Waals surface area (Å²) < 4.78 is 48.5. The summed E-state index contributed by atoms with van der Waals surface area (Å²) in [6.45, 7) is 1.59. The number of thiazole rings is 1. The molecule has 3 aliphatic rings. The SMILES string of the molecule is O=C(O)C(F)(F)F.O=C(c1ccc2c(c1)OCO2)N1C[C@@H]2C[C@@H](c3nccs3)O[C@@H]2C1. The molecule has 2 aromatic rings. The highest BCUT2D eigenvalue weighted by atomic mass is 32.1. The number of carboxylic acid groups (broad SMARTS) is 1. The van der Waals surface area contributed by atoms with E-state index in [2.05, 4.69) is 4.98 Å². The number of fused-ring (bicyclic) bond motifs is 2. The lowest BCUT2D eigenvalue weighted by molar-refractivity contribution is -0.192. The molecule has 3 atom stereocenters. The topological polar surface area (TPSA) is 98.2 Å². The third-order valence-corrected chi connectivity index (χ3v) is 5.98. The molecule has 2 saturated heterocycles. The minimum absolute atomic E-state index is 0.0251. The number of aliphatic carboxylic acids is 1. The van der Waals surface area contributed by atoms with E-state index in [9.17, 15) is 18.0 Å². The van der Waals surface area contributed by atoms with Crippen molar-refractivity contribution in [2.75, 3.05) is 19.9 Å². The molecule has 0 aliphatic carbocycles. The molecule has 166 valence electrons. The van der Waals surface area contributed by atoms with Crippen LogP contribution < -0.4 is 9.47 Å². The summed E-state index contributed by atoms with van der Waals surface area (Å²) in [7, 11) is 0. The van der Waals surface area contributed by atoms with Gasteiger partial charge in [-0.3, -0.25) is 4.79 Å². The van der Waals surface area contributed by atoms with Crippen molar-refractivity contribution >= 4 is 23.2 Å². The second-order valence-corrected chi connectivity index (χ2v) is 8.04. The molecule has 31 heavy (non-hydrogen) atoms. The number of alkyl halides is 3. The van der Waals surface area contributed by atoms with Crippen molar-refractivity contribution in [2.45, 2.75) is 24.8 Å². The number of rotatable bonds is 2. The van der Waals surface area contributed by atoms with Gasteiger partial charge >= 0.3 is 12.1 Å². The second-order valence-electron chi connectivity index (χ2n) is 7.11. The molecule has 1 amide bonds. The van der Waals surface area contributed by atoms with Gasteiger partial charge in [-0.15, -0.1) is 11.3 Å². The van der Waals surface area contributed by atoms with Gasteiger partial charge < -0.3 is 24.2 Å². The molecule has 0 saturated carbocycles. The summed E-state index contributed by atoms with van der Waals surface area (Å²) in [4.78, 5) is 27.9. The first-order chi connectivity index (χ1) is 14.7. The van der Waals surface area contributed by atoms with Crippen molar-refractivity contribution in [3.05, 3.63) is 40.3 Å². The highest BCUT2D eigenvalue weighted by Crippen LogP contribution is 2.42. The van der Waals surface area contributed by atoms with Crippen LogP contribution in [0, 0.1) is 5.92 Å². The van der Waals surface area contributed by atoms with Gasteiger partial charge in [0.15, 0.2) is 11.5 Å². The molecule has 1 aromatic carbocycles. The number of aromatic nitrogens is 1. The van der Waals surface area contributed by atoms with E-state index in [1.54, 1.807) is 29.5 Å². The summed E-state index contributed by atoms with van der Waals surface area (Å²) in [5.41, 5.74) is 0.635. The quantitative estimate of drug-likeness (QED) is 0.739. The van der Waals surface area contributed by atoms with E-state index >= 15 is 0 Å². The predicted octanol–water partition coefficient (Wildman–Crippen LogP) is 3.11. The fourth-order valence-electron chi connectivity index (χ4n) is 3.69. The predicted molar refractivity (Wildman–Crippen MR) is 100.0 cm³/mol. The van der Waals surface area contributed by atoms with Crippen molar-refractivity contribution in [3.8, 4) is 11.5 Å². The molecule has 0 radical (unpaired) electrons. The Morgan fingerprint density at radius 3 is 2.58 bits per heavy atom. The molecule has 5 rings (SSSR count). The van der Waals surface area contributed by atoms with Crippen molar-refractivity contribution in [2.24, 2.45) is 5.92 Å². The number of nitrogens with zero attached hydrogens (tertiary/aromatic N) is 2. The van der Waals surface area contributed by atoms with Crippen LogP contribution in [0.25, 0.3) is 0 Å². The van der Waals surface area contributed by atoms with Gasteiger partial charge in [0.1, 0.15) is 11.1 Å². The summed E-state index contributed by atoms with van der Waals surface area (Å²) >= 11 is 1.63. The maximum absolute atomic E-state index is 12.8. The number of ether oxygens (including phenoxy) is 3. The Labute approximate surface area is 178 Å². The van der Waals surface area contributed by atoms with Crippen LogP contribution >= 0.6 is 11.3 Å². The van der Waals surface area contributed by atoms with Gasteiger partial charge in [0, 0.05) is 36.1 Å². The number of carboxylic acids is 1. The van der Waals surface area contributed by atoms with Crippen molar-refractivity contribution < 1.29 is 42.1 Å². The summed E-state index contributed by atoms with van der Waals surface area (Å²) in [5.74, 6) is -1.01. The number of amides is 1. The molecular weight excluding hydrogens is 441 g/mol. The monoisotopic (exact) mass is 458 g/mol. The minimum Gasteiger partial charge on any atom is -0.475 e. The normalized spacial score (nSPS) is 23.8. The van der Waals surface area contributed by atoms with Gasteiger partial charge in [-0.25, -0.2) is 9.78 Å². The minimum atomic E-state index is -5.08. The molecule has 0 spiro atoms. The van der Waals surface area contributed by atoms with E-state index in [1.807, 2.05) is 16.5 Å². The Morgan fingerprint density at radius 1 is 1.19 bits per heavy atom. The lowest BCUT2D eigenvalue weighted by Crippen LogP contribution is -2.30. The van der Waals surface area contributed by atoms with Crippen LogP contribution in [0.1, 0.15) is 27.9 Å². The van der Waals surface area contributed by atoms with Crippen molar-refractivity contribution in [1.82, 2.24) is 9.88 Å². The number of carbonyl (C=O) groups is 2. The standard InChI is InChI=1S/C17H16N2O4S.C2HF3O2/c20-17(10-1-2-12-13(5-10)22-9-21-12)19-7-11-6-14(23-15(11)8-19)16-18-3-4-24-16;3-2(4,5)1(6)7/h1-5,11,14-15H,6-9H2;(H,6,7)/t11-,14-,15+;/m0./s1. The van der Waals surface area contributed by atoms with Crippen LogP contribution in [-0.4, -0.2) is 59.0 Å². The fraction of sp³-hybridized carbons (Fsp3) is 0.421. The largest absolute Gasteiger partial charge is 0.490 e. The average molecular weight is 458 g/mol. The molecular formula is C19H17F3N2O6S. The third-order valence-electron chi connectivity index (χ3n) is 5.11. The second kappa shape index (κ2) is 8.35. The maximum atomic E-state index is 12.8. The summed E-state index contributed by atoms with van der Waals surface area (Å²) in [5, 5.41) is 10.1. The summed E-state index contributed by atoms with van der Waals surface area (Å²) in [6, 6.07) is 5.35. The number of benzene rings is 1. The Hall–Kier alpha value is -2.86. The number of hydrogen-bond donors (Lipinski definition) is 1. The van der Waals surface area contributed by atoms with E-state index < -0.39 is 12.1 Å². The molecule has 0 unspecified atom stereocenters. The first kappa shape index (κ1) is 21.4. The Morgan fingerprint density at radius 2 is 1.94 bits per heavy atom. The van der Waals surface area contributed by atoms with E-state index in [4.69, 9.17) is 24.1 Å². The molecule has 8 nitrogen and oxygen atoms in total. The van der Waals surface area contributed by atoms with Gasteiger partial charge in [-0.1, -0.05) is 0 Å². The molecule has 2 fully saturated rings. The molecule has 4 heterocycles. The van der Waals surface area contributed by atoms with Gasteiger partial charge in [-0.05, 0) is 24.6 Å². The number of likely N-dealkylation sites (tertiary alicyclic amines) is 1. The summed E-state index contributed by atoms with van der Waals surface area (Å²) in [6.07, 6.45) is -2.14. The van der Waals surface area contributed by atoms with Gasteiger partial charge in [0.2, 0.25) is 6.79 Å².